The second-order valence-corrected chi connectivity index (χ2v) is 3.34. The molecule has 2 nitrogen and oxygen atoms in total. The number of hydrogen-bond donors (Lipinski definition) is 0. The SMILES string of the molecule is COCBr.O=C(CBr)c1ccccc1. The van der Waals surface area contributed by atoms with Crippen LogP contribution in [0.5, 0.6) is 0 Å². The lowest BCUT2D eigenvalue weighted by molar-refractivity contribution is 0.102. The van der Waals surface area contributed by atoms with Crippen LogP contribution in [0.2, 0.25) is 0 Å². The Labute approximate surface area is 101 Å². The van der Waals surface area contributed by atoms with Gasteiger partial charge in [0.05, 0.1) is 5.33 Å². The predicted octanol–water partition coefficient (Wildman–Crippen LogP) is 3.25. The van der Waals surface area contributed by atoms with Crippen LogP contribution in [0.4, 0.5) is 0 Å². The van der Waals surface area contributed by atoms with Gasteiger partial charge in [0.1, 0.15) is 5.52 Å². The molecule has 0 aliphatic carbocycles. The smallest absolute Gasteiger partial charge is 0.173 e. The fourth-order valence-corrected chi connectivity index (χ4v) is 1.02. The Morgan fingerprint density at radius 3 is 2.14 bits per heavy atom. The Bertz CT molecular complexity index is 248. The fourth-order valence-electron chi connectivity index (χ4n) is 0.701. The van der Waals surface area contributed by atoms with Crippen molar-refractivity contribution in [1.82, 2.24) is 0 Å². The summed E-state index contributed by atoms with van der Waals surface area (Å²) < 4.78 is 4.46. The lowest BCUT2D eigenvalue weighted by atomic mass is 10.2. The zero-order chi connectivity index (χ0) is 10.8. The summed E-state index contributed by atoms with van der Waals surface area (Å²) in [5.74, 6) is 0.126. The van der Waals surface area contributed by atoms with Crippen molar-refractivity contribution in [3.8, 4) is 0 Å². The summed E-state index contributed by atoms with van der Waals surface area (Å²) in [5, 5.41) is 0.400. The van der Waals surface area contributed by atoms with Crippen LogP contribution in [0.15, 0.2) is 30.3 Å². The number of ether oxygens (including phenoxy) is 1. The molecule has 0 atom stereocenters. The summed E-state index contributed by atoms with van der Waals surface area (Å²) in [6.45, 7) is 0. The maximum absolute atomic E-state index is 11.0. The van der Waals surface area contributed by atoms with E-state index in [0.717, 1.165) is 5.56 Å². The van der Waals surface area contributed by atoms with Crippen molar-refractivity contribution in [3.05, 3.63) is 35.9 Å². The van der Waals surface area contributed by atoms with E-state index in [0.29, 0.717) is 10.8 Å². The molecule has 0 bridgehead atoms. The summed E-state index contributed by atoms with van der Waals surface area (Å²) in [5.41, 5.74) is 1.40. The van der Waals surface area contributed by atoms with Gasteiger partial charge in [-0.3, -0.25) is 4.79 Å². The molecular weight excluding hydrogens is 312 g/mol. The van der Waals surface area contributed by atoms with Crippen LogP contribution in [0.1, 0.15) is 10.4 Å². The Kier molecular flexibility index (Phi) is 9.24. The number of halogens is 2. The molecule has 0 aliphatic rings. The third-order valence-electron chi connectivity index (χ3n) is 1.33. The molecule has 1 rings (SSSR count). The minimum absolute atomic E-state index is 0.126. The number of hydrogen-bond acceptors (Lipinski definition) is 2. The highest BCUT2D eigenvalue weighted by Gasteiger charge is 1.99. The summed E-state index contributed by atoms with van der Waals surface area (Å²) in [6, 6.07) is 9.23. The van der Waals surface area contributed by atoms with E-state index in [1.165, 1.54) is 0 Å². The van der Waals surface area contributed by atoms with Crippen molar-refractivity contribution < 1.29 is 9.53 Å². The zero-order valence-electron chi connectivity index (χ0n) is 7.87. The van der Waals surface area contributed by atoms with Crippen molar-refractivity contribution in [2.45, 2.75) is 0 Å². The molecule has 0 aromatic heterocycles. The lowest BCUT2D eigenvalue weighted by Crippen LogP contribution is -1.98. The topological polar surface area (TPSA) is 26.3 Å². The van der Waals surface area contributed by atoms with Gasteiger partial charge in [0.2, 0.25) is 0 Å². The number of alkyl halides is 2. The van der Waals surface area contributed by atoms with E-state index in [2.05, 4.69) is 36.6 Å². The van der Waals surface area contributed by atoms with Crippen LogP contribution in [-0.2, 0) is 4.74 Å². The molecule has 4 heteroatoms. The lowest BCUT2D eigenvalue weighted by Gasteiger charge is -1.92. The highest BCUT2D eigenvalue weighted by molar-refractivity contribution is 9.09. The Hall–Kier alpha value is -0.190. The average Bonchev–Trinajstić information content (AvgIpc) is 2.29. The number of carbonyl (C=O) groups excluding carboxylic acids is 1. The van der Waals surface area contributed by atoms with E-state index in [-0.39, 0.29) is 5.78 Å². The minimum atomic E-state index is 0.126. The number of methoxy groups -OCH3 is 1. The predicted molar refractivity (Wildman–Crippen MR) is 65.4 cm³/mol. The third kappa shape index (κ3) is 6.29. The fraction of sp³-hybridized carbons (Fsp3) is 0.300. The van der Waals surface area contributed by atoms with E-state index in [1.807, 2.05) is 30.3 Å². The maximum atomic E-state index is 11.0. The van der Waals surface area contributed by atoms with Crippen LogP contribution in [0, 0.1) is 0 Å². The molecule has 0 saturated carbocycles. The number of benzene rings is 1. The number of carbonyl (C=O) groups is 1. The monoisotopic (exact) mass is 322 g/mol. The van der Waals surface area contributed by atoms with Crippen LogP contribution in [0.25, 0.3) is 0 Å². The van der Waals surface area contributed by atoms with Crippen LogP contribution in [-0.4, -0.2) is 23.7 Å². The maximum Gasteiger partial charge on any atom is 0.173 e. The average molecular weight is 324 g/mol. The summed E-state index contributed by atoms with van der Waals surface area (Å²) >= 11 is 6.13. The van der Waals surface area contributed by atoms with Gasteiger partial charge in [0.25, 0.3) is 0 Å². The van der Waals surface area contributed by atoms with Gasteiger partial charge in [-0.05, 0) is 0 Å². The van der Waals surface area contributed by atoms with Gasteiger partial charge in [-0.15, -0.1) is 0 Å². The van der Waals surface area contributed by atoms with E-state index in [4.69, 9.17) is 0 Å². The zero-order valence-corrected chi connectivity index (χ0v) is 11.0. The van der Waals surface area contributed by atoms with Crippen molar-refractivity contribution in [2.24, 2.45) is 0 Å². The van der Waals surface area contributed by atoms with Crippen molar-refractivity contribution in [2.75, 3.05) is 18.0 Å². The van der Waals surface area contributed by atoms with Crippen LogP contribution < -0.4 is 0 Å². The van der Waals surface area contributed by atoms with Gasteiger partial charge in [-0.1, -0.05) is 62.2 Å². The molecule has 0 amide bonds. The van der Waals surface area contributed by atoms with Gasteiger partial charge in [-0.2, -0.15) is 0 Å². The quantitative estimate of drug-likeness (QED) is 0.630. The molecule has 0 aliphatic heterocycles. The van der Waals surface area contributed by atoms with Gasteiger partial charge in [-0.25, -0.2) is 0 Å². The van der Waals surface area contributed by atoms with Gasteiger partial charge in [0, 0.05) is 12.7 Å². The molecule has 1 aromatic carbocycles. The van der Waals surface area contributed by atoms with Crippen molar-refractivity contribution >= 4 is 37.6 Å². The molecular formula is C10H12Br2O2. The minimum Gasteiger partial charge on any atom is -0.373 e. The standard InChI is InChI=1S/C8H7BrO.C2H5BrO/c9-6-8(10)7-4-2-1-3-5-7;1-4-2-3/h1-5H,6H2;2H2,1H3. The van der Waals surface area contributed by atoms with Crippen molar-refractivity contribution in [1.29, 1.82) is 0 Å². The Morgan fingerprint density at radius 1 is 1.29 bits per heavy atom. The van der Waals surface area contributed by atoms with Gasteiger partial charge < -0.3 is 4.74 Å². The number of rotatable bonds is 3. The van der Waals surface area contributed by atoms with E-state index < -0.39 is 0 Å². The summed E-state index contributed by atoms with van der Waals surface area (Å²) in [4.78, 5) is 11.0. The first-order valence-electron chi connectivity index (χ1n) is 3.95. The third-order valence-corrected chi connectivity index (χ3v) is 2.29. The second kappa shape index (κ2) is 9.37. The van der Waals surface area contributed by atoms with Gasteiger partial charge in [0.15, 0.2) is 5.78 Å². The Balaban J connectivity index is 0.000000364. The van der Waals surface area contributed by atoms with Crippen LogP contribution >= 0.6 is 31.9 Å². The largest absolute Gasteiger partial charge is 0.373 e. The molecule has 0 N–H and O–H groups in total. The second-order valence-electron chi connectivity index (χ2n) is 2.32. The molecule has 0 radical (unpaired) electrons. The molecule has 0 unspecified atom stereocenters. The summed E-state index contributed by atoms with van der Waals surface area (Å²) in [7, 11) is 1.63. The molecule has 14 heavy (non-hydrogen) atoms. The number of ketones is 1. The molecule has 0 spiro atoms. The number of Topliss-reactive ketones (excluding diaryl/α,β-unsaturated/α-hetero) is 1. The molecule has 0 fully saturated rings. The summed E-state index contributed by atoms with van der Waals surface area (Å²) in [6.07, 6.45) is 0. The highest BCUT2D eigenvalue weighted by Crippen LogP contribution is 2.01. The Morgan fingerprint density at radius 2 is 1.79 bits per heavy atom. The highest BCUT2D eigenvalue weighted by atomic mass is 79.9. The first kappa shape index (κ1) is 13.8. The van der Waals surface area contributed by atoms with Crippen molar-refractivity contribution in [3.63, 3.8) is 0 Å². The van der Waals surface area contributed by atoms with Gasteiger partial charge >= 0.3 is 0 Å². The van der Waals surface area contributed by atoms with Crippen LogP contribution in [0.3, 0.4) is 0 Å². The first-order chi connectivity index (χ1) is 6.76. The molecule has 78 valence electrons. The first-order valence-corrected chi connectivity index (χ1v) is 6.19. The normalized spacial score (nSPS) is 8.79. The van der Waals surface area contributed by atoms with E-state index in [1.54, 1.807) is 7.11 Å². The van der Waals surface area contributed by atoms with E-state index in [9.17, 15) is 4.79 Å². The van der Waals surface area contributed by atoms with E-state index >= 15 is 0 Å². The molecule has 1 aromatic rings. The molecule has 0 saturated heterocycles. The molecule has 0 heterocycles.